The zero-order valence-corrected chi connectivity index (χ0v) is 7.42. The number of esters is 1. The number of hydrogen-bond acceptors (Lipinski definition) is 3. The zero-order chi connectivity index (χ0) is 9.56. The van der Waals surface area contributed by atoms with Gasteiger partial charge in [-0.1, -0.05) is 0 Å². The summed E-state index contributed by atoms with van der Waals surface area (Å²) in [5.41, 5.74) is 0. The lowest BCUT2D eigenvalue weighted by Crippen LogP contribution is -2.20. The Morgan fingerprint density at radius 2 is 2.17 bits per heavy atom. The maximum absolute atomic E-state index is 10.8. The first-order chi connectivity index (χ1) is 5.61. The van der Waals surface area contributed by atoms with Gasteiger partial charge in [-0.2, -0.15) is 0 Å². The van der Waals surface area contributed by atoms with Crippen LogP contribution in [-0.2, 0) is 14.3 Å². The topological polar surface area (TPSA) is 55.4 Å². The smallest absolute Gasteiger partial charge is 0.308 e. The van der Waals surface area contributed by atoms with Crippen LogP contribution in [-0.4, -0.2) is 26.0 Å². The maximum Gasteiger partial charge on any atom is 0.308 e. The summed E-state index contributed by atoms with van der Waals surface area (Å²) in [5, 5.41) is 2.46. The summed E-state index contributed by atoms with van der Waals surface area (Å²) in [6, 6.07) is 0. The highest BCUT2D eigenvalue weighted by molar-refractivity contribution is 5.77. The molecular weight excluding hydrogens is 158 g/mol. The van der Waals surface area contributed by atoms with E-state index < -0.39 is 5.92 Å². The van der Waals surface area contributed by atoms with Crippen molar-refractivity contribution in [3.8, 4) is 0 Å². The van der Waals surface area contributed by atoms with Crippen LogP contribution in [0.4, 0.5) is 0 Å². The largest absolute Gasteiger partial charge is 0.469 e. The molecule has 0 saturated heterocycles. The number of rotatable bonds is 4. The summed E-state index contributed by atoms with van der Waals surface area (Å²) in [6.45, 7) is 3.56. The van der Waals surface area contributed by atoms with Crippen molar-refractivity contribution >= 4 is 11.9 Å². The van der Waals surface area contributed by atoms with Crippen LogP contribution in [0, 0.1) is 12.8 Å². The lowest BCUT2D eigenvalue weighted by atomic mass is 10.1. The fraction of sp³-hybridized carbons (Fsp3) is 0.625. The van der Waals surface area contributed by atoms with E-state index in [1.807, 2.05) is 0 Å². The number of ether oxygens (including phenoxy) is 1. The lowest BCUT2D eigenvalue weighted by Gasteiger charge is -2.07. The van der Waals surface area contributed by atoms with Gasteiger partial charge >= 0.3 is 5.97 Å². The molecule has 1 N–H and O–H groups in total. The Bertz CT molecular complexity index is 168. The number of methoxy groups -OCH3 is 1. The van der Waals surface area contributed by atoms with Gasteiger partial charge in [0.05, 0.1) is 13.0 Å². The number of nitrogens with one attached hydrogen (secondary N) is 1. The molecule has 1 atom stereocenters. The molecule has 4 heteroatoms. The van der Waals surface area contributed by atoms with Crippen LogP contribution in [0.1, 0.15) is 12.8 Å². The predicted molar refractivity (Wildman–Crippen MR) is 44.2 cm³/mol. The Morgan fingerprint density at radius 3 is 2.58 bits per heavy atom. The van der Waals surface area contributed by atoms with E-state index in [1.165, 1.54) is 7.11 Å². The molecule has 4 nitrogen and oxygen atoms in total. The van der Waals surface area contributed by atoms with Crippen LogP contribution >= 0.6 is 0 Å². The highest BCUT2D eigenvalue weighted by Crippen LogP contribution is 2.06. The van der Waals surface area contributed by atoms with Crippen molar-refractivity contribution in [1.82, 2.24) is 5.32 Å². The van der Waals surface area contributed by atoms with Gasteiger partial charge in [-0.3, -0.25) is 9.59 Å². The first kappa shape index (κ1) is 10.9. The van der Waals surface area contributed by atoms with Gasteiger partial charge in [0.15, 0.2) is 0 Å². The van der Waals surface area contributed by atoms with Gasteiger partial charge in [0.2, 0.25) is 5.91 Å². The second-order valence-electron chi connectivity index (χ2n) is 2.43. The SMILES string of the molecule is [CH2]C(CCC(=O)NC)C(=O)OC. The van der Waals surface area contributed by atoms with Gasteiger partial charge in [0.1, 0.15) is 0 Å². The van der Waals surface area contributed by atoms with E-state index in [1.54, 1.807) is 7.05 Å². The van der Waals surface area contributed by atoms with Gasteiger partial charge < -0.3 is 10.1 Å². The van der Waals surface area contributed by atoms with E-state index >= 15 is 0 Å². The Morgan fingerprint density at radius 1 is 1.58 bits per heavy atom. The summed E-state index contributed by atoms with van der Waals surface area (Å²) in [6.07, 6.45) is 0.728. The monoisotopic (exact) mass is 172 g/mol. The number of amides is 1. The van der Waals surface area contributed by atoms with Gasteiger partial charge in [-0.05, 0) is 13.3 Å². The first-order valence-electron chi connectivity index (χ1n) is 3.73. The van der Waals surface area contributed by atoms with Crippen molar-refractivity contribution in [2.45, 2.75) is 12.8 Å². The molecule has 0 saturated carbocycles. The average molecular weight is 172 g/mol. The molecule has 69 valence electrons. The standard InChI is InChI=1S/C8H14NO3/c1-6(8(11)12-3)4-5-7(10)9-2/h6H,1,4-5H2,2-3H3,(H,9,10). The molecule has 0 aromatic rings. The Labute approximate surface area is 72.3 Å². The number of hydrogen-bond donors (Lipinski definition) is 1. The highest BCUT2D eigenvalue weighted by atomic mass is 16.5. The Hall–Kier alpha value is -1.06. The molecule has 1 radical (unpaired) electrons. The van der Waals surface area contributed by atoms with Crippen molar-refractivity contribution in [3.63, 3.8) is 0 Å². The Balaban J connectivity index is 3.63. The third-order valence-electron chi connectivity index (χ3n) is 1.53. The molecule has 0 aliphatic carbocycles. The normalized spacial score (nSPS) is 11.9. The molecule has 0 aromatic heterocycles. The van der Waals surface area contributed by atoms with E-state index in [0.717, 1.165) is 0 Å². The third kappa shape index (κ3) is 3.95. The molecule has 0 aliphatic rings. The van der Waals surface area contributed by atoms with Crippen LogP contribution in [0.25, 0.3) is 0 Å². The van der Waals surface area contributed by atoms with E-state index in [4.69, 9.17) is 0 Å². The predicted octanol–water partition coefficient (Wildman–Crippen LogP) is 0.136. The summed E-state index contributed by atoms with van der Waals surface area (Å²) >= 11 is 0. The van der Waals surface area contributed by atoms with Gasteiger partial charge in [-0.25, -0.2) is 0 Å². The van der Waals surface area contributed by atoms with Crippen LogP contribution in [0.2, 0.25) is 0 Å². The molecular formula is C8H14NO3. The van der Waals surface area contributed by atoms with E-state index in [0.29, 0.717) is 12.8 Å². The lowest BCUT2D eigenvalue weighted by molar-refractivity contribution is -0.144. The van der Waals surface area contributed by atoms with Crippen molar-refractivity contribution in [2.75, 3.05) is 14.2 Å². The molecule has 0 rings (SSSR count). The van der Waals surface area contributed by atoms with Crippen molar-refractivity contribution < 1.29 is 14.3 Å². The van der Waals surface area contributed by atoms with E-state index in [-0.39, 0.29) is 11.9 Å². The molecule has 0 aliphatic heterocycles. The Kier molecular flexibility index (Phi) is 5.08. The van der Waals surface area contributed by atoms with Gasteiger partial charge in [0.25, 0.3) is 0 Å². The summed E-state index contributed by atoms with van der Waals surface area (Å²) in [4.78, 5) is 21.5. The molecule has 0 aromatic carbocycles. The molecule has 0 heterocycles. The van der Waals surface area contributed by atoms with Crippen LogP contribution in [0.3, 0.4) is 0 Å². The minimum absolute atomic E-state index is 0.0902. The number of carbonyl (C=O) groups excluding carboxylic acids is 2. The molecule has 0 bridgehead atoms. The van der Waals surface area contributed by atoms with Crippen LogP contribution in [0.15, 0.2) is 0 Å². The van der Waals surface area contributed by atoms with E-state index in [2.05, 4.69) is 17.0 Å². The molecule has 1 unspecified atom stereocenters. The first-order valence-corrected chi connectivity index (χ1v) is 3.73. The van der Waals surface area contributed by atoms with Crippen molar-refractivity contribution in [2.24, 2.45) is 5.92 Å². The molecule has 0 spiro atoms. The minimum Gasteiger partial charge on any atom is -0.469 e. The summed E-state index contributed by atoms with van der Waals surface area (Å²) in [7, 11) is 2.86. The highest BCUT2D eigenvalue weighted by Gasteiger charge is 2.13. The minimum atomic E-state index is -0.452. The fourth-order valence-electron chi connectivity index (χ4n) is 0.715. The third-order valence-corrected chi connectivity index (χ3v) is 1.53. The van der Waals surface area contributed by atoms with Gasteiger partial charge in [0, 0.05) is 13.5 Å². The zero-order valence-electron chi connectivity index (χ0n) is 7.42. The number of carbonyl (C=O) groups is 2. The molecule has 0 fully saturated rings. The molecule has 12 heavy (non-hydrogen) atoms. The van der Waals surface area contributed by atoms with Crippen LogP contribution in [0.5, 0.6) is 0 Å². The molecule has 1 amide bonds. The van der Waals surface area contributed by atoms with Crippen molar-refractivity contribution in [1.29, 1.82) is 0 Å². The summed E-state index contributed by atoms with van der Waals surface area (Å²) < 4.78 is 4.44. The second-order valence-corrected chi connectivity index (χ2v) is 2.43. The fourth-order valence-corrected chi connectivity index (χ4v) is 0.715. The summed E-state index contributed by atoms with van der Waals surface area (Å²) in [5.74, 6) is -0.918. The van der Waals surface area contributed by atoms with E-state index in [9.17, 15) is 9.59 Å². The second kappa shape index (κ2) is 5.57. The maximum atomic E-state index is 10.8. The van der Waals surface area contributed by atoms with Crippen molar-refractivity contribution in [3.05, 3.63) is 6.92 Å². The van der Waals surface area contributed by atoms with Gasteiger partial charge in [-0.15, -0.1) is 0 Å². The van der Waals surface area contributed by atoms with Crippen LogP contribution < -0.4 is 5.32 Å². The average Bonchev–Trinajstić information content (AvgIpc) is 2.11. The quantitative estimate of drug-likeness (QED) is 0.613.